The molecular formula is C11H15N3O3. The molecule has 2 atom stereocenters. The minimum absolute atomic E-state index is 0.0660. The van der Waals surface area contributed by atoms with Gasteiger partial charge in [0.15, 0.2) is 0 Å². The molecule has 0 saturated heterocycles. The number of aliphatic hydroxyl groups excluding tert-OH is 3. The van der Waals surface area contributed by atoms with Crippen molar-refractivity contribution in [2.45, 2.75) is 25.7 Å². The fourth-order valence-electron chi connectivity index (χ4n) is 1.52. The third-order valence-electron chi connectivity index (χ3n) is 2.57. The summed E-state index contributed by atoms with van der Waals surface area (Å²) >= 11 is 0. The lowest BCUT2D eigenvalue weighted by Gasteiger charge is -2.17. The molecule has 6 heteroatoms. The third-order valence-corrected chi connectivity index (χ3v) is 2.57. The summed E-state index contributed by atoms with van der Waals surface area (Å²) in [6, 6.07) is 5.01. The maximum atomic E-state index is 9.81. The van der Waals surface area contributed by atoms with Crippen LogP contribution in [0.15, 0.2) is 23.3 Å². The molecule has 1 rings (SSSR count). The van der Waals surface area contributed by atoms with Gasteiger partial charge in [0.25, 0.3) is 0 Å². The number of nitrogens with zero attached hydrogens (tertiary/aromatic N) is 3. The maximum Gasteiger partial charge on any atom is 0.105 e. The molecule has 92 valence electrons. The second-order valence-electron chi connectivity index (χ2n) is 3.77. The molecule has 0 aromatic heterocycles. The Bertz CT molecular complexity index is 430. The van der Waals surface area contributed by atoms with Gasteiger partial charge in [-0.3, -0.25) is 0 Å². The van der Waals surface area contributed by atoms with E-state index in [4.69, 9.17) is 10.6 Å². The first kappa shape index (κ1) is 13.5. The van der Waals surface area contributed by atoms with Crippen molar-refractivity contribution in [3.8, 4) is 0 Å². The maximum absolute atomic E-state index is 9.81. The Morgan fingerprint density at radius 1 is 1.41 bits per heavy atom. The molecule has 2 unspecified atom stereocenters. The van der Waals surface area contributed by atoms with Crippen molar-refractivity contribution in [1.82, 2.24) is 0 Å². The van der Waals surface area contributed by atoms with Crippen LogP contribution in [-0.4, -0.2) is 28.0 Å². The van der Waals surface area contributed by atoms with Gasteiger partial charge in [0.05, 0.1) is 19.3 Å². The Labute approximate surface area is 98.8 Å². The zero-order valence-corrected chi connectivity index (χ0v) is 9.48. The fourth-order valence-corrected chi connectivity index (χ4v) is 1.52. The molecule has 6 nitrogen and oxygen atoms in total. The number of aryl methyl sites for hydroxylation is 1. The normalized spacial score (nSPS) is 13.9. The Hall–Kier alpha value is -1.59. The molecule has 0 amide bonds. The van der Waals surface area contributed by atoms with E-state index < -0.39 is 12.2 Å². The van der Waals surface area contributed by atoms with Crippen molar-refractivity contribution in [3.63, 3.8) is 0 Å². The van der Waals surface area contributed by atoms with Gasteiger partial charge in [-0.05, 0) is 29.1 Å². The molecule has 0 aliphatic carbocycles. The number of hydrogen-bond acceptors (Lipinski definition) is 4. The molecule has 3 N–H and O–H groups in total. The number of benzene rings is 1. The summed E-state index contributed by atoms with van der Waals surface area (Å²) < 4.78 is 0. The smallest absolute Gasteiger partial charge is 0.105 e. The standard InChI is InChI=1S/C11H15N3O3/c1-7-4-8(2-3-9(7)6-15)11(17)10(16)5-13-14-12/h2-4,10-11,15-17H,5-6H2,1H3. The van der Waals surface area contributed by atoms with Gasteiger partial charge in [0, 0.05) is 4.91 Å². The molecule has 0 fully saturated rings. The van der Waals surface area contributed by atoms with E-state index in [2.05, 4.69) is 10.0 Å². The Balaban J connectivity index is 2.85. The van der Waals surface area contributed by atoms with E-state index in [1.54, 1.807) is 18.2 Å². The van der Waals surface area contributed by atoms with Gasteiger partial charge >= 0.3 is 0 Å². The highest BCUT2D eigenvalue weighted by molar-refractivity contribution is 5.32. The minimum atomic E-state index is -1.13. The second-order valence-corrected chi connectivity index (χ2v) is 3.77. The van der Waals surface area contributed by atoms with Gasteiger partial charge in [0.1, 0.15) is 6.10 Å². The predicted octanol–water partition coefficient (Wildman–Crippen LogP) is 1.19. The molecule has 0 aliphatic heterocycles. The summed E-state index contributed by atoms with van der Waals surface area (Å²) in [5.74, 6) is 0. The largest absolute Gasteiger partial charge is 0.392 e. The summed E-state index contributed by atoms with van der Waals surface area (Å²) in [5.41, 5.74) is 10.2. The highest BCUT2D eigenvalue weighted by Crippen LogP contribution is 2.20. The van der Waals surface area contributed by atoms with Crippen LogP contribution in [0.25, 0.3) is 10.4 Å². The van der Waals surface area contributed by atoms with E-state index in [1.807, 2.05) is 6.92 Å². The van der Waals surface area contributed by atoms with Crippen LogP contribution in [0.5, 0.6) is 0 Å². The lowest BCUT2D eigenvalue weighted by molar-refractivity contribution is 0.0243. The van der Waals surface area contributed by atoms with Crippen LogP contribution >= 0.6 is 0 Å². The lowest BCUT2D eigenvalue weighted by Crippen LogP contribution is -2.21. The molecule has 0 heterocycles. The lowest BCUT2D eigenvalue weighted by atomic mass is 9.99. The number of azide groups is 1. The van der Waals surface area contributed by atoms with Crippen molar-refractivity contribution >= 4 is 0 Å². The van der Waals surface area contributed by atoms with Gasteiger partial charge in [-0.15, -0.1) is 0 Å². The van der Waals surface area contributed by atoms with Crippen LogP contribution in [0, 0.1) is 6.92 Å². The first-order chi connectivity index (χ1) is 8.10. The van der Waals surface area contributed by atoms with Crippen molar-refractivity contribution in [3.05, 3.63) is 45.3 Å². The first-order valence-electron chi connectivity index (χ1n) is 5.17. The van der Waals surface area contributed by atoms with Gasteiger partial charge in [-0.1, -0.05) is 23.3 Å². The molecule has 1 aromatic rings. The SMILES string of the molecule is Cc1cc(C(O)C(O)CN=[N+]=[N-])ccc1CO. The second kappa shape index (κ2) is 6.22. The minimum Gasteiger partial charge on any atom is -0.392 e. The monoisotopic (exact) mass is 237 g/mol. The summed E-state index contributed by atoms with van der Waals surface area (Å²) in [6.45, 7) is 1.56. The highest BCUT2D eigenvalue weighted by atomic mass is 16.3. The van der Waals surface area contributed by atoms with Gasteiger partial charge in [0.2, 0.25) is 0 Å². The summed E-state index contributed by atoms with van der Waals surface area (Å²) in [4.78, 5) is 2.52. The van der Waals surface area contributed by atoms with E-state index >= 15 is 0 Å². The topological polar surface area (TPSA) is 109 Å². The van der Waals surface area contributed by atoms with Crippen LogP contribution in [0.4, 0.5) is 0 Å². The Morgan fingerprint density at radius 3 is 2.65 bits per heavy atom. The molecule has 0 aliphatic rings. The average molecular weight is 237 g/mol. The molecule has 0 radical (unpaired) electrons. The van der Waals surface area contributed by atoms with Gasteiger partial charge in [-0.25, -0.2) is 0 Å². The van der Waals surface area contributed by atoms with E-state index in [0.29, 0.717) is 5.56 Å². The molecule has 0 saturated carbocycles. The fraction of sp³-hybridized carbons (Fsp3) is 0.455. The van der Waals surface area contributed by atoms with Crippen LogP contribution in [0.3, 0.4) is 0 Å². The number of aliphatic hydroxyl groups is 3. The number of rotatable bonds is 5. The Kier molecular flexibility index (Phi) is 4.93. The van der Waals surface area contributed by atoms with Crippen molar-refractivity contribution < 1.29 is 15.3 Å². The van der Waals surface area contributed by atoms with E-state index in [1.165, 1.54) is 0 Å². The van der Waals surface area contributed by atoms with Crippen LogP contribution in [0.1, 0.15) is 22.8 Å². The van der Waals surface area contributed by atoms with Gasteiger partial charge < -0.3 is 15.3 Å². The van der Waals surface area contributed by atoms with E-state index in [0.717, 1.165) is 11.1 Å². The van der Waals surface area contributed by atoms with Crippen LogP contribution in [-0.2, 0) is 6.61 Å². The van der Waals surface area contributed by atoms with Crippen molar-refractivity contribution in [2.24, 2.45) is 5.11 Å². The summed E-state index contributed by atoms with van der Waals surface area (Å²) in [5, 5.41) is 31.6. The highest BCUT2D eigenvalue weighted by Gasteiger charge is 2.17. The predicted molar refractivity (Wildman–Crippen MR) is 62.1 cm³/mol. The first-order valence-corrected chi connectivity index (χ1v) is 5.17. The third kappa shape index (κ3) is 3.44. The molecular weight excluding hydrogens is 222 g/mol. The van der Waals surface area contributed by atoms with Crippen molar-refractivity contribution in [1.29, 1.82) is 0 Å². The summed E-state index contributed by atoms with van der Waals surface area (Å²) in [7, 11) is 0. The van der Waals surface area contributed by atoms with E-state index in [-0.39, 0.29) is 13.2 Å². The quantitative estimate of drug-likeness (QED) is 0.406. The average Bonchev–Trinajstić information content (AvgIpc) is 2.34. The van der Waals surface area contributed by atoms with Gasteiger partial charge in [-0.2, -0.15) is 0 Å². The molecule has 0 bridgehead atoms. The molecule has 0 spiro atoms. The zero-order chi connectivity index (χ0) is 12.8. The zero-order valence-electron chi connectivity index (χ0n) is 9.48. The van der Waals surface area contributed by atoms with Crippen LogP contribution < -0.4 is 0 Å². The molecule has 1 aromatic carbocycles. The summed E-state index contributed by atoms with van der Waals surface area (Å²) in [6.07, 6.45) is -2.24. The van der Waals surface area contributed by atoms with Crippen LogP contribution in [0.2, 0.25) is 0 Å². The van der Waals surface area contributed by atoms with E-state index in [9.17, 15) is 10.2 Å². The van der Waals surface area contributed by atoms with Crippen molar-refractivity contribution in [2.75, 3.05) is 6.54 Å². The molecule has 17 heavy (non-hydrogen) atoms. The Morgan fingerprint density at radius 2 is 2.12 bits per heavy atom. The number of hydrogen-bond donors (Lipinski definition) is 3.